The van der Waals surface area contributed by atoms with E-state index in [9.17, 15) is 9.59 Å². The van der Waals surface area contributed by atoms with Crippen molar-refractivity contribution in [1.82, 2.24) is 10.8 Å². The number of nitrogens with one attached hydrogen (secondary N) is 2. The second-order valence-electron chi connectivity index (χ2n) is 5.19. The Morgan fingerprint density at radius 2 is 1.87 bits per heavy atom. The van der Waals surface area contributed by atoms with Crippen molar-refractivity contribution in [3.63, 3.8) is 0 Å². The van der Waals surface area contributed by atoms with Crippen LogP contribution in [-0.4, -0.2) is 23.1 Å². The summed E-state index contributed by atoms with van der Waals surface area (Å²) in [5.74, 6) is -0.835. The van der Waals surface area contributed by atoms with Gasteiger partial charge in [-0.25, -0.2) is 5.48 Å². The Hall–Kier alpha value is -2.70. The average molecular weight is 313 g/mol. The second-order valence-corrected chi connectivity index (χ2v) is 5.19. The first-order valence-electron chi connectivity index (χ1n) is 7.19. The Balaban J connectivity index is 2.34. The van der Waals surface area contributed by atoms with Gasteiger partial charge in [0.2, 0.25) is 5.91 Å². The van der Waals surface area contributed by atoms with Gasteiger partial charge in [0.15, 0.2) is 0 Å². The molecule has 0 unspecified atom stereocenters. The molecule has 0 fully saturated rings. The van der Waals surface area contributed by atoms with Gasteiger partial charge in [0.25, 0.3) is 5.91 Å². The first kappa shape index (κ1) is 16.7. The third-order valence-electron chi connectivity index (χ3n) is 3.40. The van der Waals surface area contributed by atoms with E-state index >= 15 is 0 Å². The molecule has 5 N–H and O–H groups in total. The fourth-order valence-electron chi connectivity index (χ4n) is 2.17. The van der Waals surface area contributed by atoms with Gasteiger partial charge >= 0.3 is 0 Å². The molecule has 6 nitrogen and oxygen atoms in total. The van der Waals surface area contributed by atoms with Gasteiger partial charge in [-0.3, -0.25) is 14.8 Å². The lowest BCUT2D eigenvalue weighted by Gasteiger charge is -2.12. The van der Waals surface area contributed by atoms with Gasteiger partial charge in [-0.2, -0.15) is 0 Å². The van der Waals surface area contributed by atoms with Gasteiger partial charge in [0.1, 0.15) is 0 Å². The third kappa shape index (κ3) is 4.15. The van der Waals surface area contributed by atoms with Crippen molar-refractivity contribution in [2.75, 3.05) is 0 Å². The number of amides is 2. The van der Waals surface area contributed by atoms with Crippen LogP contribution in [0.4, 0.5) is 0 Å². The fraction of sp³-hybridized carbons (Fsp3) is 0.176. The summed E-state index contributed by atoms with van der Waals surface area (Å²) in [6, 6.07) is 13.9. The van der Waals surface area contributed by atoms with Crippen molar-refractivity contribution >= 4 is 11.8 Å². The standard InChI is InChI=1S/C17H19N3O3/c1-11(18)16(21)19-10-12-7-8-14(17(22)20-23)15(9-12)13-5-3-2-4-6-13/h2-9,11,23H,10,18H2,1H3,(H,19,21)(H,20,22)/t11-/m0/s1. The lowest BCUT2D eigenvalue weighted by molar-refractivity contribution is -0.122. The van der Waals surface area contributed by atoms with Crippen LogP contribution in [0.2, 0.25) is 0 Å². The molecule has 6 heteroatoms. The van der Waals surface area contributed by atoms with Gasteiger partial charge in [-0.05, 0) is 35.7 Å². The molecule has 120 valence electrons. The molecule has 0 radical (unpaired) electrons. The van der Waals surface area contributed by atoms with Crippen LogP contribution in [0.3, 0.4) is 0 Å². The molecule has 2 aromatic rings. The van der Waals surface area contributed by atoms with Crippen molar-refractivity contribution in [1.29, 1.82) is 0 Å². The van der Waals surface area contributed by atoms with Crippen molar-refractivity contribution in [3.05, 3.63) is 59.7 Å². The summed E-state index contributed by atoms with van der Waals surface area (Å²) in [6.07, 6.45) is 0. The Morgan fingerprint density at radius 1 is 1.17 bits per heavy atom. The highest BCUT2D eigenvalue weighted by Crippen LogP contribution is 2.25. The number of rotatable bonds is 5. The highest BCUT2D eigenvalue weighted by molar-refractivity contribution is 6.00. The summed E-state index contributed by atoms with van der Waals surface area (Å²) in [5, 5.41) is 11.6. The van der Waals surface area contributed by atoms with Gasteiger partial charge in [-0.15, -0.1) is 0 Å². The zero-order valence-corrected chi connectivity index (χ0v) is 12.7. The van der Waals surface area contributed by atoms with E-state index in [1.807, 2.05) is 30.3 Å². The molecule has 1 atom stereocenters. The topological polar surface area (TPSA) is 104 Å². The molecule has 2 amide bonds. The van der Waals surface area contributed by atoms with Crippen molar-refractivity contribution in [3.8, 4) is 11.1 Å². The summed E-state index contributed by atoms with van der Waals surface area (Å²) in [7, 11) is 0. The van der Waals surface area contributed by atoms with Crippen LogP contribution in [0.15, 0.2) is 48.5 Å². The van der Waals surface area contributed by atoms with E-state index in [2.05, 4.69) is 5.32 Å². The van der Waals surface area contributed by atoms with Crippen LogP contribution in [0, 0.1) is 0 Å². The minimum atomic E-state index is -0.588. The third-order valence-corrected chi connectivity index (χ3v) is 3.40. The summed E-state index contributed by atoms with van der Waals surface area (Å²) < 4.78 is 0. The molecule has 0 bridgehead atoms. The molecule has 0 aliphatic carbocycles. The van der Waals surface area contributed by atoms with Crippen LogP contribution in [-0.2, 0) is 11.3 Å². The predicted octanol–water partition coefficient (Wildman–Crippen LogP) is 1.44. The molecule has 0 aliphatic rings. The molecule has 0 saturated heterocycles. The maximum atomic E-state index is 11.8. The lowest BCUT2D eigenvalue weighted by atomic mass is 9.96. The highest BCUT2D eigenvalue weighted by atomic mass is 16.5. The molecular formula is C17H19N3O3. The van der Waals surface area contributed by atoms with Crippen molar-refractivity contribution in [2.45, 2.75) is 19.5 Å². The Bertz CT molecular complexity index is 699. The molecule has 0 aromatic heterocycles. The van der Waals surface area contributed by atoms with E-state index in [0.29, 0.717) is 17.7 Å². The number of carbonyl (C=O) groups is 2. The number of benzene rings is 2. The number of nitrogens with two attached hydrogens (primary N) is 1. The smallest absolute Gasteiger partial charge is 0.275 e. The molecular weight excluding hydrogens is 294 g/mol. The summed E-state index contributed by atoms with van der Waals surface area (Å²) >= 11 is 0. The molecule has 0 heterocycles. The quantitative estimate of drug-likeness (QED) is 0.495. The van der Waals surface area contributed by atoms with E-state index in [1.165, 1.54) is 0 Å². The lowest BCUT2D eigenvalue weighted by Crippen LogP contribution is -2.37. The first-order chi connectivity index (χ1) is 11.0. The van der Waals surface area contributed by atoms with Crippen molar-refractivity contribution < 1.29 is 14.8 Å². The molecule has 2 rings (SSSR count). The monoisotopic (exact) mass is 313 g/mol. The molecule has 2 aromatic carbocycles. The largest absolute Gasteiger partial charge is 0.351 e. The maximum Gasteiger partial charge on any atom is 0.275 e. The van der Waals surface area contributed by atoms with Crippen LogP contribution in [0.5, 0.6) is 0 Å². The van der Waals surface area contributed by atoms with Gasteiger partial charge in [0, 0.05) is 12.1 Å². The van der Waals surface area contributed by atoms with Gasteiger partial charge in [0.05, 0.1) is 6.04 Å². The number of carbonyl (C=O) groups excluding carboxylic acids is 2. The van der Waals surface area contributed by atoms with Crippen LogP contribution >= 0.6 is 0 Å². The second kappa shape index (κ2) is 7.53. The minimum absolute atomic E-state index is 0.247. The number of hydrogen-bond donors (Lipinski definition) is 4. The van der Waals surface area contributed by atoms with E-state index < -0.39 is 11.9 Å². The zero-order valence-electron chi connectivity index (χ0n) is 12.7. The first-order valence-corrected chi connectivity index (χ1v) is 7.19. The van der Waals surface area contributed by atoms with E-state index in [1.54, 1.807) is 30.6 Å². The zero-order chi connectivity index (χ0) is 16.8. The molecule has 0 spiro atoms. The summed E-state index contributed by atoms with van der Waals surface area (Å²) in [5.41, 5.74) is 9.85. The summed E-state index contributed by atoms with van der Waals surface area (Å²) in [4.78, 5) is 23.4. The van der Waals surface area contributed by atoms with Crippen LogP contribution < -0.4 is 16.5 Å². The molecule has 0 saturated carbocycles. The van der Waals surface area contributed by atoms with Crippen LogP contribution in [0.1, 0.15) is 22.8 Å². The van der Waals surface area contributed by atoms with Crippen molar-refractivity contribution in [2.24, 2.45) is 5.73 Å². The number of hydroxylamine groups is 1. The van der Waals surface area contributed by atoms with E-state index in [-0.39, 0.29) is 5.91 Å². The number of hydrogen-bond acceptors (Lipinski definition) is 4. The summed E-state index contributed by atoms with van der Waals surface area (Å²) in [6.45, 7) is 1.92. The molecule has 0 aliphatic heterocycles. The SMILES string of the molecule is C[C@H](N)C(=O)NCc1ccc(C(=O)NO)c(-c2ccccc2)c1. The average Bonchev–Trinajstić information content (AvgIpc) is 2.59. The Labute approximate surface area is 134 Å². The van der Waals surface area contributed by atoms with E-state index in [4.69, 9.17) is 10.9 Å². The van der Waals surface area contributed by atoms with Gasteiger partial charge < -0.3 is 11.1 Å². The normalized spacial score (nSPS) is 11.6. The van der Waals surface area contributed by atoms with Crippen LogP contribution in [0.25, 0.3) is 11.1 Å². The Kier molecular flexibility index (Phi) is 5.46. The van der Waals surface area contributed by atoms with Gasteiger partial charge in [-0.1, -0.05) is 36.4 Å². The highest BCUT2D eigenvalue weighted by Gasteiger charge is 2.14. The predicted molar refractivity (Wildman–Crippen MR) is 86.6 cm³/mol. The fourth-order valence-corrected chi connectivity index (χ4v) is 2.17. The maximum absolute atomic E-state index is 11.8. The Morgan fingerprint density at radius 3 is 2.48 bits per heavy atom. The van der Waals surface area contributed by atoms with E-state index in [0.717, 1.165) is 11.1 Å². The minimum Gasteiger partial charge on any atom is -0.351 e. The molecule has 23 heavy (non-hydrogen) atoms.